The first kappa shape index (κ1) is 16.4. The van der Waals surface area contributed by atoms with Crippen molar-refractivity contribution in [2.75, 3.05) is 0 Å². The quantitative estimate of drug-likeness (QED) is 0.667. The standard InChI is InChI=1S/C16H17O5P/c1-10-9-14(21-22(18,19)20)15(12(3)11(10)2)16(17)13-7-5-4-6-8-13/h4-9H,1-3H3,(H2,18,19,20). The fourth-order valence-corrected chi connectivity index (χ4v) is 2.66. The molecule has 0 heterocycles. The van der Waals surface area contributed by atoms with Crippen LogP contribution in [0.2, 0.25) is 0 Å². The SMILES string of the molecule is Cc1cc(OP(=O)(O)O)c(C(=O)c2ccccc2)c(C)c1C. The van der Waals surface area contributed by atoms with E-state index in [1.807, 2.05) is 6.92 Å². The molecule has 0 amide bonds. The first-order valence-corrected chi connectivity index (χ1v) is 8.19. The third-order valence-corrected chi connectivity index (χ3v) is 4.04. The minimum atomic E-state index is -4.75. The molecule has 2 aromatic carbocycles. The molecule has 5 nitrogen and oxygen atoms in total. The Morgan fingerprint density at radius 2 is 1.64 bits per heavy atom. The second kappa shape index (κ2) is 6.05. The summed E-state index contributed by atoms with van der Waals surface area (Å²) in [7, 11) is -4.75. The predicted molar refractivity (Wildman–Crippen MR) is 83.2 cm³/mol. The molecule has 0 radical (unpaired) electrons. The lowest BCUT2D eigenvalue weighted by molar-refractivity contribution is 0.103. The van der Waals surface area contributed by atoms with Crippen LogP contribution in [0.5, 0.6) is 5.75 Å². The molecular formula is C16H17O5P. The summed E-state index contributed by atoms with van der Waals surface area (Å²) in [6.45, 7) is 5.39. The van der Waals surface area contributed by atoms with E-state index in [0.717, 1.165) is 11.1 Å². The second-order valence-electron chi connectivity index (χ2n) is 5.09. The highest BCUT2D eigenvalue weighted by atomic mass is 31.2. The van der Waals surface area contributed by atoms with Gasteiger partial charge >= 0.3 is 7.82 Å². The van der Waals surface area contributed by atoms with Crippen LogP contribution in [0.3, 0.4) is 0 Å². The van der Waals surface area contributed by atoms with Gasteiger partial charge in [0.2, 0.25) is 0 Å². The van der Waals surface area contributed by atoms with Gasteiger partial charge in [0.05, 0.1) is 5.56 Å². The third-order valence-electron chi connectivity index (χ3n) is 3.60. The Morgan fingerprint density at radius 1 is 1.05 bits per heavy atom. The average Bonchev–Trinajstić information content (AvgIpc) is 2.44. The monoisotopic (exact) mass is 320 g/mol. The van der Waals surface area contributed by atoms with Gasteiger partial charge in [-0.2, -0.15) is 0 Å². The Labute approximate surface area is 128 Å². The first-order valence-electron chi connectivity index (χ1n) is 6.66. The van der Waals surface area contributed by atoms with Gasteiger partial charge in [0, 0.05) is 5.56 Å². The summed E-state index contributed by atoms with van der Waals surface area (Å²) in [6.07, 6.45) is 0. The smallest absolute Gasteiger partial charge is 0.403 e. The van der Waals surface area contributed by atoms with Gasteiger partial charge in [-0.1, -0.05) is 30.3 Å². The van der Waals surface area contributed by atoms with Gasteiger partial charge in [0.1, 0.15) is 5.75 Å². The lowest BCUT2D eigenvalue weighted by Gasteiger charge is -2.17. The van der Waals surface area contributed by atoms with E-state index in [2.05, 4.69) is 0 Å². The maximum atomic E-state index is 12.7. The molecule has 0 aliphatic rings. The van der Waals surface area contributed by atoms with Crippen molar-refractivity contribution in [2.45, 2.75) is 20.8 Å². The van der Waals surface area contributed by atoms with E-state index in [4.69, 9.17) is 14.3 Å². The largest absolute Gasteiger partial charge is 0.524 e. The van der Waals surface area contributed by atoms with Crippen molar-refractivity contribution in [2.24, 2.45) is 0 Å². The summed E-state index contributed by atoms with van der Waals surface area (Å²) in [5, 5.41) is 0. The lowest BCUT2D eigenvalue weighted by atomic mass is 9.92. The Bertz CT molecular complexity index is 762. The van der Waals surface area contributed by atoms with Crippen LogP contribution >= 0.6 is 7.82 Å². The maximum Gasteiger partial charge on any atom is 0.524 e. The summed E-state index contributed by atoms with van der Waals surface area (Å²) in [4.78, 5) is 30.9. The number of aryl methyl sites for hydroxylation is 1. The number of phosphoric acid groups is 1. The number of ketones is 1. The normalized spacial score (nSPS) is 11.3. The molecule has 0 fully saturated rings. The number of phosphoric ester groups is 1. The number of rotatable bonds is 4. The third kappa shape index (κ3) is 3.45. The number of carbonyl (C=O) groups is 1. The van der Waals surface area contributed by atoms with Crippen LogP contribution in [-0.2, 0) is 4.57 Å². The highest BCUT2D eigenvalue weighted by Gasteiger charge is 2.25. The summed E-state index contributed by atoms with van der Waals surface area (Å²) < 4.78 is 15.9. The van der Waals surface area contributed by atoms with Crippen molar-refractivity contribution in [1.29, 1.82) is 0 Å². The van der Waals surface area contributed by atoms with E-state index in [9.17, 15) is 9.36 Å². The number of carbonyl (C=O) groups excluding carboxylic acids is 1. The van der Waals surface area contributed by atoms with E-state index < -0.39 is 7.82 Å². The van der Waals surface area contributed by atoms with Crippen LogP contribution in [-0.4, -0.2) is 15.6 Å². The summed E-state index contributed by atoms with van der Waals surface area (Å²) in [5.74, 6) is -0.424. The van der Waals surface area contributed by atoms with Crippen LogP contribution in [0.1, 0.15) is 32.6 Å². The molecule has 2 N–H and O–H groups in total. The molecule has 6 heteroatoms. The molecule has 2 aromatic rings. The second-order valence-corrected chi connectivity index (χ2v) is 6.26. The Morgan fingerprint density at radius 3 is 2.18 bits per heavy atom. The fraction of sp³-hybridized carbons (Fsp3) is 0.188. The van der Waals surface area contributed by atoms with Crippen LogP contribution in [0.25, 0.3) is 0 Å². The van der Waals surface area contributed by atoms with E-state index in [-0.39, 0.29) is 17.1 Å². The minimum absolute atomic E-state index is 0.0946. The molecule has 0 spiro atoms. The Kier molecular flexibility index (Phi) is 4.52. The average molecular weight is 320 g/mol. The lowest BCUT2D eigenvalue weighted by Crippen LogP contribution is -2.09. The molecule has 0 saturated carbocycles. The van der Waals surface area contributed by atoms with Crippen LogP contribution in [0.4, 0.5) is 0 Å². The van der Waals surface area contributed by atoms with Gasteiger partial charge in [-0.25, -0.2) is 4.57 Å². The molecule has 0 atom stereocenters. The fourth-order valence-electron chi connectivity index (χ4n) is 2.26. The topological polar surface area (TPSA) is 83.8 Å². The summed E-state index contributed by atoms with van der Waals surface area (Å²) in [5.41, 5.74) is 2.95. The predicted octanol–water partition coefficient (Wildman–Crippen LogP) is 3.31. The minimum Gasteiger partial charge on any atom is -0.403 e. The molecular weight excluding hydrogens is 303 g/mol. The van der Waals surface area contributed by atoms with Crippen LogP contribution in [0, 0.1) is 20.8 Å². The van der Waals surface area contributed by atoms with E-state index in [0.29, 0.717) is 11.1 Å². The first-order chi connectivity index (χ1) is 10.2. The molecule has 0 aliphatic heterocycles. The van der Waals surface area contributed by atoms with Crippen molar-refractivity contribution in [3.05, 3.63) is 64.2 Å². The Balaban J connectivity index is 2.65. The molecule has 0 saturated heterocycles. The van der Waals surface area contributed by atoms with Gasteiger partial charge in [-0.15, -0.1) is 0 Å². The van der Waals surface area contributed by atoms with E-state index >= 15 is 0 Å². The van der Waals surface area contributed by atoms with E-state index in [1.54, 1.807) is 44.2 Å². The summed E-state index contributed by atoms with van der Waals surface area (Å²) in [6, 6.07) is 10.0. The zero-order valence-electron chi connectivity index (χ0n) is 12.5. The molecule has 0 aromatic heterocycles. The maximum absolute atomic E-state index is 12.7. The van der Waals surface area contributed by atoms with Gasteiger partial charge in [0.25, 0.3) is 0 Å². The van der Waals surface area contributed by atoms with Gasteiger partial charge in [-0.05, 0) is 43.5 Å². The number of benzene rings is 2. The molecule has 22 heavy (non-hydrogen) atoms. The molecule has 0 aliphatic carbocycles. The van der Waals surface area contributed by atoms with Crippen molar-refractivity contribution < 1.29 is 23.7 Å². The van der Waals surface area contributed by atoms with E-state index in [1.165, 1.54) is 6.07 Å². The highest BCUT2D eigenvalue weighted by Crippen LogP contribution is 2.41. The van der Waals surface area contributed by atoms with Gasteiger partial charge < -0.3 is 4.52 Å². The number of hydrogen-bond donors (Lipinski definition) is 2. The van der Waals surface area contributed by atoms with Crippen molar-refractivity contribution in [1.82, 2.24) is 0 Å². The van der Waals surface area contributed by atoms with Crippen LogP contribution < -0.4 is 4.52 Å². The highest BCUT2D eigenvalue weighted by molar-refractivity contribution is 7.46. The number of hydrogen-bond acceptors (Lipinski definition) is 3. The van der Waals surface area contributed by atoms with Crippen LogP contribution in [0.15, 0.2) is 36.4 Å². The zero-order chi connectivity index (χ0) is 16.5. The molecule has 0 bridgehead atoms. The van der Waals surface area contributed by atoms with Crippen molar-refractivity contribution in [3.8, 4) is 5.75 Å². The Hall–Kier alpha value is -1.94. The van der Waals surface area contributed by atoms with Crippen molar-refractivity contribution in [3.63, 3.8) is 0 Å². The molecule has 2 rings (SSSR count). The molecule has 116 valence electrons. The van der Waals surface area contributed by atoms with Gasteiger partial charge in [0.15, 0.2) is 5.78 Å². The zero-order valence-corrected chi connectivity index (χ0v) is 13.4. The van der Waals surface area contributed by atoms with Crippen molar-refractivity contribution >= 4 is 13.6 Å². The molecule has 0 unspecified atom stereocenters. The summed E-state index contributed by atoms with van der Waals surface area (Å²) >= 11 is 0. The van der Waals surface area contributed by atoms with Gasteiger partial charge in [-0.3, -0.25) is 14.6 Å².